The minimum Gasteiger partial charge on any atom is -0.303 e. The third kappa shape index (κ3) is 4.07. The molecule has 0 aliphatic heterocycles. The molecular formula is C16H20ClNS. The predicted molar refractivity (Wildman–Crippen MR) is 85.0 cm³/mol. The highest BCUT2D eigenvalue weighted by Crippen LogP contribution is 2.26. The standard InChI is InChI=1S/C16H20ClNS/c1-3-5-15(13-7-9-14(17)10-8-13)18-12(2)16-6-4-11-19-16/h4,6-12,15,18H,3,5H2,1-2H3/t12-,15?/m1/s1. The molecule has 0 aliphatic carbocycles. The van der Waals surface area contributed by atoms with Gasteiger partial charge < -0.3 is 5.32 Å². The summed E-state index contributed by atoms with van der Waals surface area (Å²) >= 11 is 7.77. The molecule has 0 bridgehead atoms. The first-order chi connectivity index (χ1) is 9.20. The van der Waals surface area contributed by atoms with E-state index in [1.165, 1.54) is 10.4 Å². The van der Waals surface area contributed by atoms with Crippen LogP contribution in [0.3, 0.4) is 0 Å². The molecule has 0 spiro atoms. The van der Waals surface area contributed by atoms with E-state index in [0.717, 1.165) is 17.9 Å². The molecule has 0 amide bonds. The average molecular weight is 294 g/mol. The smallest absolute Gasteiger partial charge is 0.0406 e. The van der Waals surface area contributed by atoms with Crippen molar-refractivity contribution in [2.24, 2.45) is 0 Å². The molecule has 0 saturated heterocycles. The van der Waals surface area contributed by atoms with E-state index in [4.69, 9.17) is 11.6 Å². The molecule has 0 aliphatic rings. The molecule has 0 saturated carbocycles. The number of thiophene rings is 1. The number of nitrogens with one attached hydrogen (secondary N) is 1. The van der Waals surface area contributed by atoms with E-state index >= 15 is 0 Å². The Morgan fingerprint density at radius 1 is 1.21 bits per heavy atom. The van der Waals surface area contributed by atoms with Gasteiger partial charge in [-0.05, 0) is 42.5 Å². The number of halogens is 1. The second-order valence-corrected chi connectivity index (χ2v) is 6.21. The van der Waals surface area contributed by atoms with Crippen molar-refractivity contribution < 1.29 is 0 Å². The molecule has 2 aromatic rings. The van der Waals surface area contributed by atoms with Crippen LogP contribution in [0.1, 0.15) is 49.2 Å². The topological polar surface area (TPSA) is 12.0 Å². The molecule has 1 aromatic carbocycles. The highest BCUT2D eigenvalue weighted by Gasteiger charge is 2.15. The monoisotopic (exact) mass is 293 g/mol. The van der Waals surface area contributed by atoms with Crippen LogP contribution in [0.2, 0.25) is 5.02 Å². The first kappa shape index (κ1) is 14.6. The second kappa shape index (κ2) is 7.09. The fourth-order valence-corrected chi connectivity index (χ4v) is 3.12. The van der Waals surface area contributed by atoms with E-state index in [-0.39, 0.29) is 0 Å². The van der Waals surface area contributed by atoms with E-state index in [1.807, 2.05) is 12.1 Å². The Morgan fingerprint density at radius 3 is 2.53 bits per heavy atom. The summed E-state index contributed by atoms with van der Waals surface area (Å²) in [7, 11) is 0. The van der Waals surface area contributed by atoms with Crippen molar-refractivity contribution in [2.75, 3.05) is 0 Å². The van der Waals surface area contributed by atoms with Crippen LogP contribution in [0.5, 0.6) is 0 Å². The van der Waals surface area contributed by atoms with Crippen molar-refractivity contribution >= 4 is 22.9 Å². The van der Waals surface area contributed by atoms with Crippen molar-refractivity contribution in [3.05, 3.63) is 57.2 Å². The summed E-state index contributed by atoms with van der Waals surface area (Å²) in [5.41, 5.74) is 1.31. The molecule has 0 radical (unpaired) electrons. The van der Waals surface area contributed by atoms with Crippen LogP contribution >= 0.6 is 22.9 Å². The van der Waals surface area contributed by atoms with E-state index < -0.39 is 0 Å². The highest BCUT2D eigenvalue weighted by molar-refractivity contribution is 7.10. The van der Waals surface area contributed by atoms with Crippen LogP contribution in [0, 0.1) is 0 Å². The van der Waals surface area contributed by atoms with Gasteiger partial charge in [0, 0.05) is 22.0 Å². The summed E-state index contributed by atoms with van der Waals surface area (Å²) in [4.78, 5) is 1.38. The van der Waals surface area contributed by atoms with Crippen LogP contribution in [0.15, 0.2) is 41.8 Å². The molecule has 102 valence electrons. The van der Waals surface area contributed by atoms with Crippen molar-refractivity contribution in [1.29, 1.82) is 0 Å². The Morgan fingerprint density at radius 2 is 1.95 bits per heavy atom. The van der Waals surface area contributed by atoms with Crippen LogP contribution in [0.4, 0.5) is 0 Å². The summed E-state index contributed by atoms with van der Waals surface area (Å²) in [6, 6.07) is 13.2. The lowest BCUT2D eigenvalue weighted by atomic mass is 10.0. The van der Waals surface area contributed by atoms with Gasteiger partial charge in [-0.15, -0.1) is 11.3 Å². The molecule has 1 N–H and O–H groups in total. The van der Waals surface area contributed by atoms with Gasteiger partial charge in [-0.1, -0.05) is 43.1 Å². The molecule has 19 heavy (non-hydrogen) atoms. The Labute approximate surface area is 124 Å². The third-order valence-electron chi connectivity index (χ3n) is 3.27. The normalized spacial score (nSPS) is 14.3. The summed E-state index contributed by atoms with van der Waals surface area (Å²) in [6.45, 7) is 4.45. The molecule has 2 rings (SSSR count). The van der Waals surface area contributed by atoms with Gasteiger partial charge in [-0.3, -0.25) is 0 Å². The average Bonchev–Trinajstić information content (AvgIpc) is 2.93. The minimum atomic E-state index is 0.382. The van der Waals surface area contributed by atoms with Gasteiger partial charge in [-0.25, -0.2) is 0 Å². The molecular weight excluding hydrogens is 274 g/mol. The Kier molecular flexibility index (Phi) is 5.44. The van der Waals surface area contributed by atoms with Crippen LogP contribution < -0.4 is 5.32 Å². The zero-order chi connectivity index (χ0) is 13.7. The van der Waals surface area contributed by atoms with Crippen LogP contribution in [-0.4, -0.2) is 0 Å². The second-order valence-electron chi connectivity index (χ2n) is 4.80. The summed E-state index contributed by atoms with van der Waals surface area (Å²) in [5, 5.41) is 6.65. The fraction of sp³-hybridized carbons (Fsp3) is 0.375. The summed E-state index contributed by atoms with van der Waals surface area (Å²) < 4.78 is 0. The van der Waals surface area contributed by atoms with Gasteiger partial charge in [0.15, 0.2) is 0 Å². The van der Waals surface area contributed by atoms with E-state index in [0.29, 0.717) is 12.1 Å². The summed E-state index contributed by atoms with van der Waals surface area (Å²) in [5.74, 6) is 0. The third-order valence-corrected chi connectivity index (χ3v) is 4.58. The quantitative estimate of drug-likeness (QED) is 0.731. The largest absolute Gasteiger partial charge is 0.303 e. The predicted octanol–water partition coefficient (Wildman–Crippen LogP) is 5.59. The number of rotatable bonds is 6. The Hall–Kier alpha value is -0.830. The molecule has 1 nitrogen and oxygen atoms in total. The van der Waals surface area contributed by atoms with Gasteiger partial charge in [0.2, 0.25) is 0 Å². The molecule has 3 heteroatoms. The maximum atomic E-state index is 5.96. The van der Waals surface area contributed by atoms with Gasteiger partial charge >= 0.3 is 0 Å². The van der Waals surface area contributed by atoms with Crippen molar-refractivity contribution in [1.82, 2.24) is 5.32 Å². The van der Waals surface area contributed by atoms with E-state index in [9.17, 15) is 0 Å². The van der Waals surface area contributed by atoms with Gasteiger partial charge in [0.05, 0.1) is 0 Å². The SMILES string of the molecule is CCCC(N[C@H](C)c1cccs1)c1ccc(Cl)cc1. The maximum absolute atomic E-state index is 5.96. The maximum Gasteiger partial charge on any atom is 0.0406 e. The highest BCUT2D eigenvalue weighted by atomic mass is 35.5. The minimum absolute atomic E-state index is 0.382. The van der Waals surface area contributed by atoms with Gasteiger partial charge in [0.1, 0.15) is 0 Å². The van der Waals surface area contributed by atoms with Crippen LogP contribution in [-0.2, 0) is 0 Å². The van der Waals surface area contributed by atoms with Crippen LogP contribution in [0.25, 0.3) is 0 Å². The molecule has 0 fully saturated rings. The van der Waals surface area contributed by atoms with Crippen molar-refractivity contribution in [3.8, 4) is 0 Å². The molecule has 1 heterocycles. The molecule has 2 atom stereocenters. The zero-order valence-corrected chi connectivity index (χ0v) is 13.0. The number of hydrogen-bond donors (Lipinski definition) is 1. The first-order valence-corrected chi connectivity index (χ1v) is 8.01. The Bertz CT molecular complexity index is 478. The van der Waals surface area contributed by atoms with Gasteiger partial charge in [0.25, 0.3) is 0 Å². The lowest BCUT2D eigenvalue weighted by Gasteiger charge is -2.23. The molecule has 1 unspecified atom stereocenters. The van der Waals surface area contributed by atoms with E-state index in [2.05, 4.69) is 48.8 Å². The lowest BCUT2D eigenvalue weighted by molar-refractivity contribution is 0.443. The fourth-order valence-electron chi connectivity index (χ4n) is 2.25. The number of hydrogen-bond acceptors (Lipinski definition) is 2. The molecule has 1 aromatic heterocycles. The summed E-state index contributed by atoms with van der Waals surface area (Å²) in [6.07, 6.45) is 2.30. The van der Waals surface area contributed by atoms with Gasteiger partial charge in [-0.2, -0.15) is 0 Å². The Balaban J connectivity index is 2.09. The zero-order valence-electron chi connectivity index (χ0n) is 11.4. The first-order valence-electron chi connectivity index (χ1n) is 6.75. The van der Waals surface area contributed by atoms with Crippen molar-refractivity contribution in [2.45, 2.75) is 38.8 Å². The van der Waals surface area contributed by atoms with E-state index in [1.54, 1.807) is 11.3 Å². The lowest BCUT2D eigenvalue weighted by Crippen LogP contribution is -2.24. The van der Waals surface area contributed by atoms with Crippen molar-refractivity contribution in [3.63, 3.8) is 0 Å². The number of benzene rings is 1.